The van der Waals surface area contributed by atoms with Crippen molar-refractivity contribution in [1.29, 1.82) is 0 Å². The summed E-state index contributed by atoms with van der Waals surface area (Å²) in [4.78, 5) is 23.3. The van der Waals surface area contributed by atoms with Gasteiger partial charge in [-0.15, -0.1) is 0 Å². The highest BCUT2D eigenvalue weighted by atomic mass is 35.5. The first-order chi connectivity index (χ1) is 32.7. The van der Waals surface area contributed by atoms with Gasteiger partial charge in [-0.3, -0.25) is 0 Å². The molecule has 8 aliphatic rings. The molecule has 1 amide bonds. The second-order valence-corrected chi connectivity index (χ2v) is 25.7. The maximum absolute atomic E-state index is 12.1. The molecule has 0 aromatic heterocycles. The van der Waals surface area contributed by atoms with Gasteiger partial charge in [0.05, 0.1) is 0 Å². The average Bonchev–Trinajstić information content (AvgIpc) is 3.85. The summed E-state index contributed by atoms with van der Waals surface area (Å²) in [5, 5.41) is 2.75. The molecule has 8 aliphatic carbocycles. The minimum absolute atomic E-state index is 0.00402. The lowest BCUT2D eigenvalue weighted by Crippen LogP contribution is -2.43. The molecule has 0 aliphatic heterocycles. The van der Waals surface area contributed by atoms with Crippen molar-refractivity contribution in [3.63, 3.8) is 0 Å². The lowest BCUT2D eigenvalue weighted by atomic mass is 9.53. The number of hydrogen-bond donors (Lipinski definition) is 4. The van der Waals surface area contributed by atoms with E-state index >= 15 is 0 Å². The van der Waals surface area contributed by atoms with Crippen LogP contribution in [0.1, 0.15) is 210 Å². The van der Waals surface area contributed by atoms with Crippen LogP contribution in [0, 0.1) is 69.0 Å². The molecule has 8 nitrogen and oxygen atoms in total. The van der Waals surface area contributed by atoms with Crippen LogP contribution in [0.3, 0.4) is 0 Å². The van der Waals surface area contributed by atoms with Gasteiger partial charge >= 0.3 is 11.5 Å². The smallest absolute Gasteiger partial charge is 0.407 e. The van der Waals surface area contributed by atoms with Gasteiger partial charge in [0.2, 0.25) is 0 Å². The van der Waals surface area contributed by atoms with Crippen molar-refractivity contribution in [1.82, 2.24) is 5.32 Å². The monoisotopic (exact) mass is 977 g/mol. The molecule has 7 N–H and O–H groups in total. The molecule has 392 valence electrons. The number of nitrogens with two attached hydrogens (primary N) is 3. The number of alkyl carbamates (subject to hydrolysis) is 1. The zero-order valence-electron chi connectivity index (χ0n) is 45.6. The summed E-state index contributed by atoms with van der Waals surface area (Å²) in [5.74, 6) is 6.67. The topological polar surface area (TPSA) is 143 Å². The number of halogens is 1. The first kappa shape index (κ1) is 56.2. The zero-order chi connectivity index (χ0) is 50.3. The molecule has 0 saturated heterocycles. The SMILES string of the molecule is CC(C)CCCC(C)C1CCC2C3=C(CCC21C)C1(C)CCC(OC(=O)Cl)CC1=CC3.CC(C)CCCC(C)C1CCC2C3=C(CCC21C)C1(C)CCC(OC(=O)NCCN)CC1=CC3.NCCN. The van der Waals surface area contributed by atoms with Crippen molar-refractivity contribution in [3.8, 4) is 0 Å². The Bertz CT molecular complexity index is 1890. The second kappa shape index (κ2) is 24.3. The highest BCUT2D eigenvalue weighted by Crippen LogP contribution is 2.67. The predicted octanol–water partition coefficient (Wildman–Crippen LogP) is 14.9. The van der Waals surface area contributed by atoms with Gasteiger partial charge in [0, 0.05) is 61.5 Å². The normalized spacial score (nSPS) is 35.3. The number of carbonyl (C=O) groups excluding carboxylic acids is 2. The minimum Gasteiger partial charge on any atom is -0.450 e. The van der Waals surface area contributed by atoms with Gasteiger partial charge in [0.15, 0.2) is 0 Å². The quantitative estimate of drug-likeness (QED) is 0.0945. The molecule has 12 unspecified atom stereocenters. The molecule has 0 radical (unpaired) electrons. The van der Waals surface area contributed by atoms with Crippen LogP contribution in [0.2, 0.25) is 0 Å². The second-order valence-electron chi connectivity index (χ2n) is 25.4. The number of fused-ring (bicyclic) bond motifs is 8. The number of hydrogen-bond acceptors (Lipinski definition) is 7. The Morgan fingerprint density at radius 2 is 1.06 bits per heavy atom. The standard InChI is InChI=1S/C30H50N2O2.C28H43ClO2.C2H8N2/c1-20(2)7-6-8-21(3)25-11-12-26-24-10-9-22-19-23(34-28(33)32-18-17-31)13-15-29(22,4)27(24)14-16-30(25,26)5;1-18(2)7-6-8-19(3)23-11-12-24-22-10-9-20-17-21(31-26(29)30)13-15-27(20,4)25(22)14-16-28(23,24)5;3-1-2-4/h9,20-21,23,25-26H,6-8,10-19,31H2,1-5H3,(H,32,33);9,18-19,21,23-24H,6-8,10-17H2,1-5H3;1-4H2. The molecule has 0 aromatic carbocycles. The number of nitrogens with one attached hydrogen (secondary N) is 1. The fourth-order valence-corrected chi connectivity index (χ4v) is 16.6. The Morgan fingerprint density at radius 3 is 1.45 bits per heavy atom. The Morgan fingerprint density at radius 1 is 0.623 bits per heavy atom. The van der Waals surface area contributed by atoms with Crippen LogP contribution >= 0.6 is 11.6 Å². The van der Waals surface area contributed by atoms with Crippen molar-refractivity contribution >= 4 is 23.1 Å². The van der Waals surface area contributed by atoms with E-state index in [1.807, 2.05) is 0 Å². The average molecular weight is 978 g/mol. The highest BCUT2D eigenvalue weighted by Gasteiger charge is 2.56. The number of allylic oxidation sites excluding steroid dienone is 6. The van der Waals surface area contributed by atoms with Crippen LogP contribution in [-0.2, 0) is 9.47 Å². The summed E-state index contributed by atoms with van der Waals surface area (Å²) in [6, 6.07) is 0. The lowest BCUT2D eigenvalue weighted by Gasteiger charge is -2.52. The van der Waals surface area contributed by atoms with E-state index in [-0.39, 0.29) is 29.1 Å². The van der Waals surface area contributed by atoms with E-state index in [4.69, 9.17) is 38.3 Å². The van der Waals surface area contributed by atoms with E-state index in [2.05, 4.69) is 86.7 Å². The Kier molecular flexibility index (Phi) is 19.8. The van der Waals surface area contributed by atoms with E-state index in [1.165, 1.54) is 101 Å². The number of rotatable bonds is 15. The van der Waals surface area contributed by atoms with Crippen LogP contribution < -0.4 is 22.5 Å². The predicted molar refractivity (Wildman–Crippen MR) is 288 cm³/mol. The third kappa shape index (κ3) is 12.5. The van der Waals surface area contributed by atoms with Crippen LogP contribution in [0.25, 0.3) is 0 Å². The molecular formula is C60H101ClN4O4. The van der Waals surface area contributed by atoms with Gasteiger partial charge in [0.25, 0.3) is 0 Å². The maximum atomic E-state index is 12.1. The number of carbonyl (C=O) groups is 2. The molecule has 4 fully saturated rings. The Hall–Kier alpha value is -2.13. The van der Waals surface area contributed by atoms with Gasteiger partial charge in [-0.05, 0) is 148 Å². The lowest BCUT2D eigenvalue weighted by molar-refractivity contribution is 0.0653. The molecule has 12 atom stereocenters. The van der Waals surface area contributed by atoms with Crippen molar-refractivity contribution in [2.24, 2.45) is 86.2 Å². The summed E-state index contributed by atoms with van der Waals surface area (Å²) in [7, 11) is 0. The highest BCUT2D eigenvalue weighted by molar-refractivity contribution is 6.61. The van der Waals surface area contributed by atoms with E-state index in [9.17, 15) is 9.59 Å². The fourth-order valence-electron chi connectivity index (χ4n) is 16.5. The maximum Gasteiger partial charge on any atom is 0.407 e. The molecular weight excluding hydrogens is 876 g/mol. The van der Waals surface area contributed by atoms with Crippen molar-refractivity contribution in [2.75, 3.05) is 26.2 Å². The van der Waals surface area contributed by atoms with E-state index in [0.29, 0.717) is 37.0 Å². The van der Waals surface area contributed by atoms with E-state index in [1.54, 1.807) is 22.3 Å². The molecule has 0 heterocycles. The van der Waals surface area contributed by atoms with Gasteiger partial charge in [-0.2, -0.15) is 0 Å². The van der Waals surface area contributed by atoms with Gasteiger partial charge in [-0.1, -0.05) is 153 Å². The summed E-state index contributed by atoms with van der Waals surface area (Å²) < 4.78 is 11.1. The number of amides is 1. The van der Waals surface area contributed by atoms with Crippen molar-refractivity contribution < 1.29 is 19.1 Å². The summed E-state index contributed by atoms with van der Waals surface area (Å²) in [6.45, 7) is 26.9. The van der Waals surface area contributed by atoms with Gasteiger partial charge in [-0.25, -0.2) is 9.59 Å². The molecule has 8 rings (SSSR count). The minimum atomic E-state index is -0.655. The molecule has 0 aromatic rings. The Labute approximate surface area is 426 Å². The molecule has 4 saturated carbocycles. The van der Waals surface area contributed by atoms with Crippen LogP contribution in [0.4, 0.5) is 9.59 Å². The summed E-state index contributed by atoms with van der Waals surface area (Å²) in [6.07, 6.45) is 32.0. The summed E-state index contributed by atoms with van der Waals surface area (Å²) in [5.41, 5.74) is 26.1. The first-order valence-corrected chi connectivity index (χ1v) is 28.9. The van der Waals surface area contributed by atoms with Crippen LogP contribution in [0.15, 0.2) is 45.6 Å². The zero-order valence-corrected chi connectivity index (χ0v) is 46.3. The molecule has 69 heavy (non-hydrogen) atoms. The first-order valence-electron chi connectivity index (χ1n) is 28.5. The van der Waals surface area contributed by atoms with E-state index in [0.717, 1.165) is 98.7 Å². The number of ether oxygens (including phenoxy) is 2. The molecule has 9 heteroatoms. The fraction of sp³-hybridized carbons (Fsp3) is 0.833. The largest absolute Gasteiger partial charge is 0.450 e. The van der Waals surface area contributed by atoms with Crippen molar-refractivity contribution in [2.45, 2.75) is 223 Å². The Balaban J connectivity index is 0.000000211. The molecule has 0 spiro atoms. The summed E-state index contributed by atoms with van der Waals surface area (Å²) >= 11 is 5.50. The van der Waals surface area contributed by atoms with Crippen LogP contribution in [0.5, 0.6) is 0 Å². The van der Waals surface area contributed by atoms with Gasteiger partial charge in [0.1, 0.15) is 12.2 Å². The van der Waals surface area contributed by atoms with E-state index < -0.39 is 5.43 Å². The van der Waals surface area contributed by atoms with Gasteiger partial charge < -0.3 is 32.0 Å². The molecule has 0 bridgehead atoms. The third-order valence-electron chi connectivity index (χ3n) is 20.3. The third-order valence-corrected chi connectivity index (χ3v) is 20.4. The van der Waals surface area contributed by atoms with Crippen LogP contribution in [-0.4, -0.2) is 49.9 Å². The van der Waals surface area contributed by atoms with Crippen molar-refractivity contribution in [3.05, 3.63) is 45.6 Å².